The minimum atomic E-state index is -5.13. The molecule has 0 aliphatic carbocycles. The highest BCUT2D eigenvalue weighted by Gasteiger charge is 2.29. The van der Waals surface area contributed by atoms with Gasteiger partial charge in [-0.25, -0.2) is 22.5 Å². The Bertz CT molecular complexity index is 2130. The summed E-state index contributed by atoms with van der Waals surface area (Å²) >= 11 is 0. The van der Waals surface area contributed by atoms with Crippen molar-refractivity contribution in [2.75, 3.05) is 36.3 Å². The molecule has 1 saturated heterocycles. The van der Waals surface area contributed by atoms with E-state index >= 15 is 0 Å². The van der Waals surface area contributed by atoms with Gasteiger partial charge in [-0.05, 0) is 67.8 Å². The predicted molar refractivity (Wildman–Crippen MR) is 210 cm³/mol. The van der Waals surface area contributed by atoms with E-state index in [1.807, 2.05) is 9.62 Å². The van der Waals surface area contributed by atoms with E-state index in [4.69, 9.17) is 25.1 Å². The number of piperidine rings is 1. The molecule has 1 aliphatic rings. The summed E-state index contributed by atoms with van der Waals surface area (Å²) in [5.41, 5.74) is 6.31. The number of alkyl halides is 2. The highest BCUT2D eigenvalue weighted by atomic mass is 32.2. The van der Waals surface area contributed by atoms with E-state index < -0.39 is 47.7 Å². The Labute approximate surface area is 329 Å². The van der Waals surface area contributed by atoms with Crippen molar-refractivity contribution >= 4 is 47.3 Å². The Morgan fingerprint density at radius 1 is 1.07 bits per heavy atom. The number of amides is 1. The van der Waals surface area contributed by atoms with Crippen molar-refractivity contribution in [3.05, 3.63) is 77.7 Å². The molecule has 1 atom stereocenters. The Balaban J connectivity index is 1.48. The molecule has 57 heavy (non-hydrogen) atoms. The number of aliphatic carboxylic acids is 1. The molecule has 1 amide bonds. The molecule has 5 rings (SSSR count). The molecule has 0 bridgehead atoms. The Morgan fingerprint density at radius 3 is 2.37 bits per heavy atom. The molecule has 5 N–H and O–H groups in total. The molecule has 1 fully saturated rings. The zero-order valence-corrected chi connectivity index (χ0v) is 33.7. The first-order chi connectivity index (χ1) is 26.9. The van der Waals surface area contributed by atoms with Gasteiger partial charge < -0.3 is 30.4 Å². The second-order valence-corrected chi connectivity index (χ2v) is 22.0. The Hall–Kier alpha value is -5.18. The van der Waals surface area contributed by atoms with Gasteiger partial charge in [0.05, 0.1) is 18.4 Å². The maximum absolute atomic E-state index is 13.6. The van der Waals surface area contributed by atoms with Crippen molar-refractivity contribution in [1.82, 2.24) is 19.7 Å². The van der Waals surface area contributed by atoms with Crippen LogP contribution in [0.2, 0.25) is 25.7 Å². The number of ether oxygens (including phenoxy) is 3. The number of aromatic nitrogens is 3. The topological polar surface area (TPSA) is 200 Å². The lowest BCUT2D eigenvalue weighted by Crippen LogP contribution is -2.40. The number of sulfonamides is 1. The van der Waals surface area contributed by atoms with Crippen LogP contribution in [0.4, 0.5) is 30.5 Å². The summed E-state index contributed by atoms with van der Waals surface area (Å²) in [6.45, 7) is 9.64. The number of halogens is 3. The van der Waals surface area contributed by atoms with Gasteiger partial charge in [0.2, 0.25) is 0 Å². The molecular weight excluding hydrogens is 788 g/mol. The van der Waals surface area contributed by atoms with Gasteiger partial charge in [0.25, 0.3) is 15.9 Å². The van der Waals surface area contributed by atoms with Crippen LogP contribution in [0, 0.1) is 5.82 Å². The molecular formula is C37H46F3N7O8SSi. The minimum Gasteiger partial charge on any atom is -0.489 e. The second-order valence-electron chi connectivity index (χ2n) is 14.7. The van der Waals surface area contributed by atoms with Crippen LogP contribution in [0.25, 0.3) is 11.3 Å². The summed E-state index contributed by atoms with van der Waals surface area (Å²) in [6.07, 6.45) is 1.85. The standard InChI is InChI=1S/C37H46F3N7O8SSi/c1-23(24-5-8-26(38)9-6-24)54-30-19-25(7-11-29(30)45-56(51,52)37(39)40)34-33(35(41)50)36(47(44-34)22-53-17-18-57(2,3)4)43-31-12-10-28(20-42-31)55-27-13-15-46(16-14-27)21-32(48)49/h5-12,19-20,23,27,37,45H,13-18,21-22H2,1-4H3,(H2,41,50)(H,42,43)(H,48,49)/t23-/m0/s1. The summed E-state index contributed by atoms with van der Waals surface area (Å²) in [5.74, 6) is -5.29. The van der Waals surface area contributed by atoms with E-state index in [1.54, 1.807) is 19.1 Å². The molecule has 1 aliphatic heterocycles. The Kier molecular flexibility index (Phi) is 13.9. The number of nitrogens with one attached hydrogen (secondary N) is 2. The summed E-state index contributed by atoms with van der Waals surface area (Å²) in [7, 11) is -6.60. The number of rotatable bonds is 19. The van der Waals surface area contributed by atoms with Crippen LogP contribution >= 0.6 is 0 Å². The normalized spacial score (nSPS) is 14.7. The number of hydrogen-bond donors (Lipinski definition) is 4. The van der Waals surface area contributed by atoms with Gasteiger partial charge in [-0.2, -0.15) is 13.9 Å². The smallest absolute Gasteiger partial charge is 0.355 e. The van der Waals surface area contributed by atoms with Gasteiger partial charge in [0.15, 0.2) is 0 Å². The third-order valence-electron chi connectivity index (χ3n) is 8.97. The number of likely N-dealkylation sites (tertiary alicyclic amines) is 1. The number of hydrogen-bond acceptors (Lipinski definition) is 11. The molecule has 2 aromatic heterocycles. The molecule has 2 aromatic carbocycles. The number of pyridine rings is 1. The van der Waals surface area contributed by atoms with Gasteiger partial charge in [-0.15, -0.1) is 0 Å². The number of carbonyl (C=O) groups is 2. The zero-order chi connectivity index (χ0) is 41.5. The first kappa shape index (κ1) is 42.9. The second kappa shape index (κ2) is 18.4. The number of anilines is 3. The van der Waals surface area contributed by atoms with Gasteiger partial charge >= 0.3 is 11.7 Å². The fourth-order valence-electron chi connectivity index (χ4n) is 5.90. The van der Waals surface area contributed by atoms with Gasteiger partial charge in [-0.3, -0.25) is 19.2 Å². The summed E-state index contributed by atoms with van der Waals surface area (Å²) in [5, 5.41) is 16.8. The number of carboxylic acids is 1. The third kappa shape index (κ3) is 11.9. The van der Waals surface area contributed by atoms with E-state index in [0.29, 0.717) is 49.7 Å². The van der Waals surface area contributed by atoms with Crippen LogP contribution in [0.5, 0.6) is 11.5 Å². The van der Waals surface area contributed by atoms with Crippen molar-refractivity contribution in [3.63, 3.8) is 0 Å². The van der Waals surface area contributed by atoms with Crippen LogP contribution in [0.15, 0.2) is 60.8 Å². The third-order valence-corrected chi connectivity index (χ3v) is 11.7. The van der Waals surface area contributed by atoms with E-state index in [1.165, 1.54) is 53.3 Å². The number of nitrogens with zero attached hydrogens (tertiary/aromatic N) is 4. The fraction of sp³-hybridized carbons (Fsp3) is 0.405. The lowest BCUT2D eigenvalue weighted by atomic mass is 10.1. The van der Waals surface area contributed by atoms with Crippen molar-refractivity contribution in [3.8, 4) is 22.8 Å². The highest BCUT2D eigenvalue weighted by Crippen LogP contribution is 2.38. The van der Waals surface area contributed by atoms with Gasteiger partial charge in [0, 0.05) is 33.3 Å². The largest absolute Gasteiger partial charge is 0.489 e. The number of primary amides is 1. The number of benzene rings is 2. The lowest BCUT2D eigenvalue weighted by molar-refractivity contribution is -0.138. The molecule has 0 saturated carbocycles. The molecule has 15 nitrogen and oxygen atoms in total. The highest BCUT2D eigenvalue weighted by molar-refractivity contribution is 7.93. The van der Waals surface area contributed by atoms with Gasteiger partial charge in [0.1, 0.15) is 59.1 Å². The monoisotopic (exact) mass is 833 g/mol. The summed E-state index contributed by atoms with van der Waals surface area (Å²) in [6, 6.07) is 13.4. The Morgan fingerprint density at radius 2 is 1.77 bits per heavy atom. The molecule has 0 radical (unpaired) electrons. The van der Waals surface area contributed by atoms with Crippen molar-refractivity contribution in [2.45, 2.75) is 70.1 Å². The number of carbonyl (C=O) groups excluding carboxylic acids is 1. The molecule has 20 heteroatoms. The number of carboxylic acid groups (broad SMARTS) is 1. The SMILES string of the molecule is C[C@H](Oc1cc(-c2nn(COCC[Si](C)(C)C)c(Nc3ccc(OC4CCN(CC(=O)O)CC4)cn3)c2C(N)=O)ccc1NS(=O)(=O)C(F)F)c1ccc(F)cc1. The van der Waals surface area contributed by atoms with Crippen molar-refractivity contribution < 1.29 is 50.5 Å². The van der Waals surface area contributed by atoms with E-state index in [0.717, 1.165) is 6.04 Å². The van der Waals surface area contributed by atoms with Crippen LogP contribution < -0.4 is 25.2 Å². The van der Waals surface area contributed by atoms with Crippen LogP contribution in [0.3, 0.4) is 0 Å². The van der Waals surface area contributed by atoms with E-state index in [-0.39, 0.29) is 53.5 Å². The molecule has 3 heterocycles. The summed E-state index contributed by atoms with van der Waals surface area (Å²) < 4.78 is 86.4. The van der Waals surface area contributed by atoms with E-state index in [9.17, 15) is 31.2 Å². The average Bonchev–Trinajstić information content (AvgIpc) is 3.50. The van der Waals surface area contributed by atoms with Crippen molar-refractivity contribution in [1.29, 1.82) is 0 Å². The molecule has 308 valence electrons. The maximum atomic E-state index is 13.6. The first-order valence-electron chi connectivity index (χ1n) is 18.1. The summed E-state index contributed by atoms with van der Waals surface area (Å²) in [4.78, 5) is 30.6. The predicted octanol–water partition coefficient (Wildman–Crippen LogP) is 6.27. The van der Waals surface area contributed by atoms with E-state index in [2.05, 4.69) is 35.0 Å². The van der Waals surface area contributed by atoms with Crippen molar-refractivity contribution in [2.24, 2.45) is 5.73 Å². The fourth-order valence-corrected chi connectivity index (χ4v) is 7.22. The number of nitrogens with two attached hydrogens (primary N) is 1. The zero-order valence-electron chi connectivity index (χ0n) is 31.9. The minimum absolute atomic E-state index is 0.0244. The molecule has 0 spiro atoms. The van der Waals surface area contributed by atoms with Crippen LogP contribution in [-0.2, 0) is 26.3 Å². The quantitative estimate of drug-likeness (QED) is 0.0611. The first-order valence-corrected chi connectivity index (χ1v) is 23.3. The van der Waals surface area contributed by atoms with Gasteiger partial charge in [-0.1, -0.05) is 37.8 Å². The molecule has 4 aromatic rings. The van der Waals surface area contributed by atoms with Crippen LogP contribution in [-0.4, -0.2) is 91.2 Å². The maximum Gasteiger partial charge on any atom is 0.355 e. The lowest BCUT2D eigenvalue weighted by Gasteiger charge is -2.30. The molecule has 0 unspecified atom stereocenters. The average molecular weight is 834 g/mol. The van der Waals surface area contributed by atoms with Crippen LogP contribution in [0.1, 0.15) is 41.8 Å².